The maximum Gasteiger partial charge on any atom is 0.407 e. The predicted octanol–water partition coefficient (Wildman–Crippen LogP) is 3.01. The summed E-state index contributed by atoms with van der Waals surface area (Å²) in [6, 6.07) is 15.3. The van der Waals surface area contributed by atoms with Crippen molar-refractivity contribution in [1.82, 2.24) is 10.2 Å². The Labute approximate surface area is 192 Å². The molecule has 2 atom stereocenters. The topological polar surface area (TPSA) is 105 Å². The normalized spacial score (nSPS) is 18.2. The second kappa shape index (κ2) is 10.0. The second-order valence-corrected chi connectivity index (χ2v) is 8.31. The highest BCUT2D eigenvalue weighted by atomic mass is 16.5. The number of nitrogens with zero attached hydrogens (tertiary/aromatic N) is 1. The van der Waals surface area contributed by atoms with Crippen LogP contribution in [-0.4, -0.2) is 66.9 Å². The van der Waals surface area contributed by atoms with Crippen molar-refractivity contribution in [2.75, 3.05) is 26.8 Å². The van der Waals surface area contributed by atoms with E-state index in [1.54, 1.807) is 0 Å². The number of carboxylic acids is 1. The number of hydrogen-bond donors (Lipinski definition) is 2. The van der Waals surface area contributed by atoms with E-state index in [0.717, 1.165) is 35.1 Å². The standard InChI is InChI=1S/C25H28N2O6/c1-32-22(23(28)27-13-7-6-12-21(27)24(29)30)14-26-25(31)33-15-20-18-10-4-2-8-16(18)17-9-3-5-11-19(17)20/h2-5,8-11,20-22H,6-7,12-15H2,1H3,(H,26,31)(H,29,30). The van der Waals surface area contributed by atoms with Gasteiger partial charge >= 0.3 is 12.1 Å². The third kappa shape index (κ3) is 4.71. The molecule has 174 valence electrons. The average Bonchev–Trinajstić information content (AvgIpc) is 3.16. The molecule has 0 bridgehead atoms. The van der Waals surface area contributed by atoms with Gasteiger partial charge < -0.3 is 24.8 Å². The van der Waals surface area contributed by atoms with Crippen molar-refractivity contribution in [2.24, 2.45) is 0 Å². The molecule has 2 unspecified atom stereocenters. The van der Waals surface area contributed by atoms with Crippen molar-refractivity contribution >= 4 is 18.0 Å². The lowest BCUT2D eigenvalue weighted by atomic mass is 9.98. The molecule has 1 fully saturated rings. The van der Waals surface area contributed by atoms with Gasteiger partial charge in [0.1, 0.15) is 12.6 Å². The van der Waals surface area contributed by atoms with Gasteiger partial charge in [-0.1, -0.05) is 48.5 Å². The van der Waals surface area contributed by atoms with Gasteiger partial charge in [0.15, 0.2) is 6.10 Å². The second-order valence-electron chi connectivity index (χ2n) is 8.31. The number of carbonyl (C=O) groups is 3. The van der Waals surface area contributed by atoms with Crippen LogP contribution in [-0.2, 0) is 19.1 Å². The van der Waals surface area contributed by atoms with Gasteiger partial charge in [-0.15, -0.1) is 0 Å². The first-order chi connectivity index (χ1) is 16.0. The number of benzene rings is 2. The Morgan fingerprint density at radius 3 is 2.30 bits per heavy atom. The zero-order chi connectivity index (χ0) is 23.4. The van der Waals surface area contributed by atoms with Crippen LogP contribution in [0.5, 0.6) is 0 Å². The Morgan fingerprint density at radius 2 is 1.70 bits per heavy atom. The fraction of sp³-hybridized carbons (Fsp3) is 0.400. The van der Waals surface area contributed by atoms with E-state index in [0.29, 0.717) is 13.0 Å². The Hall–Kier alpha value is -3.39. The van der Waals surface area contributed by atoms with E-state index in [1.807, 2.05) is 36.4 Å². The summed E-state index contributed by atoms with van der Waals surface area (Å²) in [5.41, 5.74) is 4.51. The molecule has 8 nitrogen and oxygen atoms in total. The number of methoxy groups -OCH3 is 1. The molecule has 0 radical (unpaired) electrons. The summed E-state index contributed by atoms with van der Waals surface area (Å²) in [4.78, 5) is 38.1. The van der Waals surface area contributed by atoms with Gasteiger partial charge in [0, 0.05) is 19.6 Å². The number of carboxylic acid groups (broad SMARTS) is 1. The predicted molar refractivity (Wildman–Crippen MR) is 121 cm³/mol. The van der Waals surface area contributed by atoms with Gasteiger partial charge in [0.25, 0.3) is 5.91 Å². The molecule has 8 heteroatoms. The molecule has 0 aromatic heterocycles. The monoisotopic (exact) mass is 452 g/mol. The van der Waals surface area contributed by atoms with Gasteiger partial charge in [-0.25, -0.2) is 9.59 Å². The molecule has 1 aliphatic heterocycles. The molecule has 1 aliphatic carbocycles. The maximum atomic E-state index is 12.8. The summed E-state index contributed by atoms with van der Waals surface area (Å²) < 4.78 is 10.8. The molecule has 0 saturated carbocycles. The van der Waals surface area contributed by atoms with Crippen LogP contribution in [0.25, 0.3) is 11.1 Å². The minimum absolute atomic E-state index is 0.0623. The molecule has 2 N–H and O–H groups in total. The molecule has 4 rings (SSSR count). The summed E-state index contributed by atoms with van der Waals surface area (Å²) in [6.45, 7) is 0.425. The lowest BCUT2D eigenvalue weighted by Gasteiger charge is -2.35. The number of nitrogens with one attached hydrogen (secondary N) is 1. The van der Waals surface area contributed by atoms with Crippen LogP contribution in [0, 0.1) is 0 Å². The van der Waals surface area contributed by atoms with E-state index in [1.165, 1.54) is 12.0 Å². The van der Waals surface area contributed by atoms with Crippen molar-refractivity contribution in [3.05, 3.63) is 59.7 Å². The zero-order valence-corrected chi connectivity index (χ0v) is 18.5. The number of piperidine rings is 1. The van der Waals surface area contributed by atoms with Crippen LogP contribution in [0.15, 0.2) is 48.5 Å². The Kier molecular flexibility index (Phi) is 6.93. The van der Waals surface area contributed by atoms with Crippen LogP contribution in [0.3, 0.4) is 0 Å². The molecule has 2 aromatic rings. The number of rotatable bonds is 7. The SMILES string of the molecule is COC(CNC(=O)OCC1c2ccccc2-c2ccccc21)C(=O)N1CCCCC1C(=O)O. The van der Waals surface area contributed by atoms with Crippen molar-refractivity contribution in [1.29, 1.82) is 0 Å². The quantitative estimate of drug-likeness (QED) is 0.669. The minimum atomic E-state index is -1.03. The van der Waals surface area contributed by atoms with Crippen LogP contribution < -0.4 is 5.32 Å². The highest BCUT2D eigenvalue weighted by Gasteiger charge is 2.36. The zero-order valence-electron chi connectivity index (χ0n) is 18.5. The average molecular weight is 453 g/mol. The minimum Gasteiger partial charge on any atom is -0.480 e. The third-order valence-corrected chi connectivity index (χ3v) is 6.41. The van der Waals surface area contributed by atoms with Gasteiger partial charge in [0.2, 0.25) is 0 Å². The lowest BCUT2D eigenvalue weighted by molar-refractivity contribution is -0.157. The van der Waals surface area contributed by atoms with Gasteiger partial charge in [0.05, 0.1) is 6.54 Å². The molecule has 33 heavy (non-hydrogen) atoms. The molecule has 2 amide bonds. The summed E-state index contributed by atoms with van der Waals surface area (Å²) >= 11 is 0. The van der Waals surface area contributed by atoms with Crippen molar-refractivity contribution in [3.8, 4) is 11.1 Å². The molecule has 1 saturated heterocycles. The largest absolute Gasteiger partial charge is 0.480 e. The Bertz CT molecular complexity index is 994. The fourth-order valence-corrected chi connectivity index (χ4v) is 4.73. The lowest BCUT2D eigenvalue weighted by Crippen LogP contribution is -2.54. The van der Waals surface area contributed by atoms with Crippen molar-refractivity contribution < 1.29 is 29.0 Å². The highest BCUT2D eigenvalue weighted by Crippen LogP contribution is 2.44. The molecule has 0 spiro atoms. The van der Waals surface area contributed by atoms with Crippen molar-refractivity contribution in [3.63, 3.8) is 0 Å². The van der Waals surface area contributed by atoms with Crippen LogP contribution in [0.1, 0.15) is 36.3 Å². The van der Waals surface area contributed by atoms with Crippen molar-refractivity contribution in [2.45, 2.75) is 37.3 Å². The van der Waals surface area contributed by atoms with E-state index < -0.39 is 30.1 Å². The van der Waals surface area contributed by atoms with E-state index in [-0.39, 0.29) is 19.1 Å². The van der Waals surface area contributed by atoms with Gasteiger partial charge in [-0.3, -0.25) is 4.79 Å². The highest BCUT2D eigenvalue weighted by molar-refractivity contribution is 5.87. The fourth-order valence-electron chi connectivity index (χ4n) is 4.73. The number of fused-ring (bicyclic) bond motifs is 3. The smallest absolute Gasteiger partial charge is 0.407 e. The molecule has 1 heterocycles. The number of carbonyl (C=O) groups excluding carboxylic acids is 2. The number of likely N-dealkylation sites (tertiary alicyclic amines) is 1. The molecular weight excluding hydrogens is 424 g/mol. The van der Waals surface area contributed by atoms with Crippen LogP contribution in [0.2, 0.25) is 0 Å². The summed E-state index contributed by atoms with van der Waals surface area (Å²) in [5, 5.41) is 12.0. The molecule has 2 aliphatic rings. The first kappa shape index (κ1) is 22.8. The summed E-state index contributed by atoms with van der Waals surface area (Å²) in [5.74, 6) is -1.53. The van der Waals surface area contributed by atoms with Gasteiger partial charge in [-0.2, -0.15) is 0 Å². The summed E-state index contributed by atoms with van der Waals surface area (Å²) in [6.07, 6.45) is 0.282. The Morgan fingerprint density at radius 1 is 1.06 bits per heavy atom. The summed E-state index contributed by atoms with van der Waals surface area (Å²) in [7, 11) is 1.36. The van der Waals surface area contributed by atoms with Crippen LogP contribution in [0.4, 0.5) is 4.79 Å². The number of hydrogen-bond acceptors (Lipinski definition) is 5. The van der Waals surface area contributed by atoms with Gasteiger partial charge in [-0.05, 0) is 41.5 Å². The third-order valence-electron chi connectivity index (χ3n) is 6.41. The maximum absolute atomic E-state index is 12.8. The number of alkyl carbamates (subject to hydrolysis) is 1. The molecular formula is C25H28N2O6. The number of ether oxygens (including phenoxy) is 2. The van der Waals surface area contributed by atoms with E-state index >= 15 is 0 Å². The van der Waals surface area contributed by atoms with Crippen LogP contribution >= 0.6 is 0 Å². The Balaban J connectivity index is 1.35. The number of amides is 2. The first-order valence-electron chi connectivity index (χ1n) is 11.2. The van der Waals surface area contributed by atoms with E-state index in [2.05, 4.69) is 17.4 Å². The number of aliphatic carboxylic acids is 1. The molecule has 2 aromatic carbocycles. The van der Waals surface area contributed by atoms with E-state index in [4.69, 9.17) is 9.47 Å². The van der Waals surface area contributed by atoms with E-state index in [9.17, 15) is 19.5 Å². The first-order valence-corrected chi connectivity index (χ1v) is 11.2.